The van der Waals surface area contributed by atoms with Crippen molar-refractivity contribution in [1.82, 2.24) is 9.88 Å². The number of amides is 1. The largest absolute Gasteiger partial charge is 0.419 e. The molecule has 1 unspecified atom stereocenters. The van der Waals surface area contributed by atoms with Gasteiger partial charge in [-0.1, -0.05) is 18.2 Å². The summed E-state index contributed by atoms with van der Waals surface area (Å²) in [7, 11) is 2.01. The Labute approximate surface area is 174 Å². The molecule has 30 heavy (non-hydrogen) atoms. The zero-order chi connectivity index (χ0) is 21.3. The summed E-state index contributed by atoms with van der Waals surface area (Å²) in [6.45, 7) is 2.56. The van der Waals surface area contributed by atoms with Crippen LogP contribution in [0.4, 0.5) is 24.7 Å². The van der Waals surface area contributed by atoms with Crippen molar-refractivity contribution < 1.29 is 18.0 Å². The number of pyridine rings is 1. The molecule has 1 aromatic carbocycles. The molecule has 0 radical (unpaired) electrons. The number of likely N-dealkylation sites (N-methyl/N-ethyl adjacent to an activating group) is 1. The van der Waals surface area contributed by atoms with Gasteiger partial charge < -0.3 is 14.7 Å². The van der Waals surface area contributed by atoms with Gasteiger partial charge >= 0.3 is 6.18 Å². The topological polar surface area (TPSA) is 39.7 Å². The van der Waals surface area contributed by atoms with E-state index in [4.69, 9.17) is 0 Å². The normalized spacial score (nSPS) is 20.0. The van der Waals surface area contributed by atoms with Gasteiger partial charge in [-0.3, -0.25) is 4.79 Å². The molecule has 2 aromatic rings. The van der Waals surface area contributed by atoms with E-state index in [1.807, 2.05) is 36.2 Å². The minimum atomic E-state index is -4.47. The number of nitrogens with zero attached hydrogens (tertiary/aromatic N) is 4. The number of alkyl halides is 3. The van der Waals surface area contributed by atoms with Crippen LogP contribution in [0.15, 0.2) is 42.6 Å². The number of carbonyl (C=O) groups excluding carboxylic acids is 1. The van der Waals surface area contributed by atoms with Crippen LogP contribution in [-0.4, -0.2) is 49.0 Å². The Morgan fingerprint density at radius 1 is 1.10 bits per heavy atom. The summed E-state index contributed by atoms with van der Waals surface area (Å²) in [6, 6.07) is 10.4. The van der Waals surface area contributed by atoms with E-state index in [1.165, 1.54) is 12.3 Å². The number of anilines is 2. The van der Waals surface area contributed by atoms with E-state index in [9.17, 15) is 18.0 Å². The number of halogens is 3. The Hall–Kier alpha value is -2.77. The van der Waals surface area contributed by atoms with Crippen LogP contribution < -0.4 is 9.80 Å². The average molecular weight is 418 g/mol. The molecule has 8 heteroatoms. The van der Waals surface area contributed by atoms with E-state index in [0.29, 0.717) is 32.5 Å². The summed E-state index contributed by atoms with van der Waals surface area (Å²) >= 11 is 0. The number of aromatic nitrogens is 1. The smallest absolute Gasteiger partial charge is 0.373 e. The van der Waals surface area contributed by atoms with Crippen molar-refractivity contribution in [2.45, 2.75) is 25.6 Å². The summed E-state index contributed by atoms with van der Waals surface area (Å²) in [5.41, 5.74) is 1.45. The Bertz CT molecular complexity index is 917. The minimum Gasteiger partial charge on any atom is -0.373 e. The fourth-order valence-corrected chi connectivity index (χ4v) is 4.38. The SMILES string of the molecule is CN1CCN(C(=O)C2CCCN(c3ncccc3C(F)(F)F)C2)Cc2ccccc21. The first-order valence-corrected chi connectivity index (χ1v) is 10.2. The van der Waals surface area contributed by atoms with Gasteiger partial charge in [0.15, 0.2) is 0 Å². The predicted molar refractivity (Wildman–Crippen MR) is 109 cm³/mol. The summed E-state index contributed by atoms with van der Waals surface area (Å²) in [5, 5.41) is 0. The summed E-state index contributed by atoms with van der Waals surface area (Å²) in [6.07, 6.45) is -1.76. The Kier molecular flexibility index (Phi) is 5.58. The molecule has 0 spiro atoms. The van der Waals surface area contributed by atoms with Crippen LogP contribution in [0.2, 0.25) is 0 Å². The zero-order valence-electron chi connectivity index (χ0n) is 16.9. The molecule has 0 N–H and O–H groups in total. The molecule has 1 amide bonds. The van der Waals surface area contributed by atoms with E-state index < -0.39 is 11.7 Å². The third kappa shape index (κ3) is 4.08. The lowest BCUT2D eigenvalue weighted by atomic mass is 9.95. The molecule has 1 aromatic heterocycles. The highest BCUT2D eigenvalue weighted by Crippen LogP contribution is 2.36. The fraction of sp³-hybridized carbons (Fsp3) is 0.455. The van der Waals surface area contributed by atoms with Crippen molar-refractivity contribution in [2.75, 3.05) is 43.0 Å². The third-order valence-electron chi connectivity index (χ3n) is 5.94. The van der Waals surface area contributed by atoms with Gasteiger partial charge in [-0.2, -0.15) is 13.2 Å². The molecule has 4 rings (SSSR count). The summed E-state index contributed by atoms with van der Waals surface area (Å²) in [4.78, 5) is 22.9. The van der Waals surface area contributed by atoms with Crippen molar-refractivity contribution in [2.24, 2.45) is 5.92 Å². The first kappa shape index (κ1) is 20.5. The maximum atomic E-state index is 13.4. The van der Waals surface area contributed by atoms with E-state index in [1.54, 1.807) is 4.90 Å². The van der Waals surface area contributed by atoms with Crippen molar-refractivity contribution in [3.05, 3.63) is 53.7 Å². The quantitative estimate of drug-likeness (QED) is 0.744. The van der Waals surface area contributed by atoms with Gasteiger partial charge in [-0.05, 0) is 36.6 Å². The lowest BCUT2D eigenvalue weighted by molar-refractivity contribution is -0.137. The second kappa shape index (κ2) is 8.16. The van der Waals surface area contributed by atoms with Gasteiger partial charge in [0, 0.05) is 51.7 Å². The number of hydrogen-bond acceptors (Lipinski definition) is 4. The lowest BCUT2D eigenvalue weighted by Crippen LogP contribution is -2.46. The van der Waals surface area contributed by atoms with Gasteiger partial charge in [-0.25, -0.2) is 4.98 Å². The molecule has 1 atom stereocenters. The average Bonchev–Trinajstić information content (AvgIpc) is 2.92. The highest BCUT2D eigenvalue weighted by Gasteiger charge is 2.38. The van der Waals surface area contributed by atoms with Crippen LogP contribution >= 0.6 is 0 Å². The number of carbonyl (C=O) groups is 1. The first-order chi connectivity index (χ1) is 14.3. The molecule has 1 saturated heterocycles. The number of rotatable bonds is 2. The highest BCUT2D eigenvalue weighted by atomic mass is 19.4. The summed E-state index contributed by atoms with van der Waals surface area (Å²) in [5.74, 6) is -0.407. The Balaban J connectivity index is 1.53. The van der Waals surface area contributed by atoms with Gasteiger partial charge in [0.2, 0.25) is 5.91 Å². The highest BCUT2D eigenvalue weighted by molar-refractivity contribution is 5.80. The Morgan fingerprint density at radius 2 is 1.90 bits per heavy atom. The van der Waals surface area contributed by atoms with E-state index in [2.05, 4.69) is 9.88 Å². The molecule has 2 aliphatic heterocycles. The molecule has 160 valence electrons. The molecule has 0 bridgehead atoms. The fourth-order valence-electron chi connectivity index (χ4n) is 4.38. The maximum absolute atomic E-state index is 13.4. The first-order valence-electron chi connectivity index (χ1n) is 10.2. The van der Waals surface area contributed by atoms with Gasteiger partial charge in [0.1, 0.15) is 5.82 Å². The number of para-hydroxylation sites is 1. The van der Waals surface area contributed by atoms with Crippen LogP contribution in [-0.2, 0) is 17.5 Å². The third-order valence-corrected chi connectivity index (χ3v) is 5.94. The molecular weight excluding hydrogens is 393 g/mol. The summed E-state index contributed by atoms with van der Waals surface area (Å²) < 4.78 is 40.3. The standard InChI is InChI=1S/C22H25F3N4O/c1-27-12-13-29(14-16-6-2-3-9-19(16)27)21(30)17-7-5-11-28(15-17)20-18(22(23,24)25)8-4-10-26-20/h2-4,6,8-10,17H,5,7,11-15H2,1H3. The molecule has 0 saturated carbocycles. The molecule has 2 aliphatic rings. The number of piperidine rings is 1. The van der Waals surface area contributed by atoms with Crippen LogP contribution in [0.1, 0.15) is 24.0 Å². The second-order valence-corrected chi connectivity index (χ2v) is 7.97. The molecular formula is C22H25F3N4O. The zero-order valence-corrected chi connectivity index (χ0v) is 16.9. The van der Waals surface area contributed by atoms with Crippen LogP contribution in [0.25, 0.3) is 0 Å². The molecule has 3 heterocycles. The Morgan fingerprint density at radius 3 is 2.70 bits per heavy atom. The monoisotopic (exact) mass is 418 g/mol. The second-order valence-electron chi connectivity index (χ2n) is 7.97. The van der Waals surface area contributed by atoms with Gasteiger partial charge in [-0.15, -0.1) is 0 Å². The number of benzene rings is 1. The maximum Gasteiger partial charge on any atom is 0.419 e. The van der Waals surface area contributed by atoms with Crippen molar-refractivity contribution in [1.29, 1.82) is 0 Å². The molecule has 5 nitrogen and oxygen atoms in total. The van der Waals surface area contributed by atoms with E-state index >= 15 is 0 Å². The van der Waals surface area contributed by atoms with Crippen LogP contribution in [0.3, 0.4) is 0 Å². The van der Waals surface area contributed by atoms with E-state index in [0.717, 1.165) is 23.9 Å². The number of hydrogen-bond donors (Lipinski definition) is 0. The predicted octanol–water partition coefficient (Wildman–Crippen LogP) is 3.80. The number of fused-ring (bicyclic) bond motifs is 1. The lowest BCUT2D eigenvalue weighted by Gasteiger charge is -2.36. The van der Waals surface area contributed by atoms with Crippen molar-refractivity contribution in [3.63, 3.8) is 0 Å². The van der Waals surface area contributed by atoms with Gasteiger partial charge in [0.05, 0.1) is 11.5 Å². The molecule has 1 fully saturated rings. The van der Waals surface area contributed by atoms with Crippen LogP contribution in [0, 0.1) is 5.92 Å². The van der Waals surface area contributed by atoms with Crippen molar-refractivity contribution >= 4 is 17.4 Å². The van der Waals surface area contributed by atoms with Crippen LogP contribution in [0.5, 0.6) is 0 Å². The molecule has 0 aliphatic carbocycles. The van der Waals surface area contributed by atoms with E-state index in [-0.39, 0.29) is 24.2 Å². The minimum absolute atomic E-state index is 0.00860. The van der Waals surface area contributed by atoms with Crippen molar-refractivity contribution in [3.8, 4) is 0 Å². The van der Waals surface area contributed by atoms with Gasteiger partial charge in [0.25, 0.3) is 0 Å².